The number of benzene rings is 5. The fourth-order valence-electron chi connectivity index (χ4n) is 12.0. The average molecular weight is 1510 g/mol. The number of esters is 3. The first-order chi connectivity index (χ1) is 51.8. The maximum atomic E-state index is 12.7. The van der Waals surface area contributed by atoms with Crippen molar-refractivity contribution in [1.29, 1.82) is 0 Å². The summed E-state index contributed by atoms with van der Waals surface area (Å²) in [5.74, 6) is -0.326. The van der Waals surface area contributed by atoms with E-state index in [9.17, 15) is 67.1 Å². The van der Waals surface area contributed by atoms with Gasteiger partial charge in [0.05, 0.1) is 55.7 Å². The molecule has 586 valence electrons. The van der Waals surface area contributed by atoms with Gasteiger partial charge in [-0.1, -0.05) is 101 Å². The summed E-state index contributed by atoms with van der Waals surface area (Å²) in [4.78, 5) is 159. The van der Waals surface area contributed by atoms with Gasteiger partial charge in [0.2, 0.25) is 17.7 Å². The van der Waals surface area contributed by atoms with Crippen molar-refractivity contribution in [2.45, 2.75) is 204 Å². The lowest BCUT2D eigenvalue weighted by Crippen LogP contribution is -2.43. The number of hydrogen-bond donors (Lipinski definition) is 2. The van der Waals surface area contributed by atoms with Crippen LogP contribution in [0.25, 0.3) is 0 Å². The first kappa shape index (κ1) is 87.5. The minimum Gasteiger partial charge on any atom is -0.493 e. The number of allylic oxidation sites excluding steroid dienone is 2. The third-order valence-electron chi connectivity index (χ3n) is 18.5. The van der Waals surface area contributed by atoms with Crippen LogP contribution < -0.4 is 29.6 Å². The van der Waals surface area contributed by atoms with Gasteiger partial charge in [0, 0.05) is 61.5 Å². The number of carbonyl (C=O) groups is 14. The van der Waals surface area contributed by atoms with Gasteiger partial charge in [-0.05, 0) is 163 Å². The van der Waals surface area contributed by atoms with E-state index in [2.05, 4.69) is 80.2 Å². The van der Waals surface area contributed by atoms with Gasteiger partial charge in [-0.15, -0.1) is 0 Å². The second-order valence-corrected chi connectivity index (χ2v) is 29.0. The van der Waals surface area contributed by atoms with E-state index in [4.69, 9.17) is 23.7 Å². The highest BCUT2D eigenvalue weighted by Crippen LogP contribution is 2.39. The van der Waals surface area contributed by atoms with E-state index in [0.29, 0.717) is 96.4 Å². The number of nitrogens with zero attached hydrogens (tertiary/aromatic N) is 3. The Morgan fingerprint density at radius 3 is 1.80 bits per heavy atom. The SMILES string of the molecule is CC(C)NC(=O)COc1ccc2c(c1)OC(=O)CC2=O.CC1=CC(=O)CC(=O)O1.CC1=NN(C)C(=O)C1.CCOC1=C(C)CC(=O)N(CCCOc2ccc(C(C)(C)CC)cc2C(C)(C)CC)C1=O.Cc1ccc2c(c1)C(=O)CC(=O)N2.Cc1ccc2c(c1)C(=O)CC(=O)O2.Cc1ccccc1C1CC(=O)CC(=O)C1. The molecular weight excluding hydrogens is 1410 g/mol. The van der Waals surface area contributed by atoms with Crippen molar-refractivity contribution < 1.29 is 95.5 Å². The molecule has 110 heavy (non-hydrogen) atoms. The number of nitrogens with one attached hydrogen (secondary N) is 2. The molecule has 5 aromatic carbocycles. The van der Waals surface area contributed by atoms with Gasteiger partial charge in [0.15, 0.2) is 35.5 Å². The zero-order valence-corrected chi connectivity index (χ0v) is 65.8. The van der Waals surface area contributed by atoms with Crippen LogP contribution in [0, 0.1) is 20.8 Å². The van der Waals surface area contributed by atoms with Crippen LogP contribution in [-0.4, -0.2) is 137 Å². The second kappa shape index (κ2) is 40.2. The Bertz CT molecular complexity index is 4380. The summed E-state index contributed by atoms with van der Waals surface area (Å²) in [6.45, 7) is 31.0. The number of fused-ring (bicyclic) bond motifs is 3. The number of cyclic esters (lactones) is 1. The van der Waals surface area contributed by atoms with Gasteiger partial charge in [0.1, 0.15) is 59.6 Å². The molecule has 0 atom stereocenters. The Morgan fingerprint density at radius 2 is 1.22 bits per heavy atom. The molecule has 1 fully saturated rings. The van der Waals surface area contributed by atoms with E-state index in [0.717, 1.165) is 41.0 Å². The normalized spacial score (nSPS) is 16.0. The number of anilines is 1. The zero-order chi connectivity index (χ0) is 81.5. The summed E-state index contributed by atoms with van der Waals surface area (Å²) >= 11 is 0. The molecule has 0 bridgehead atoms. The van der Waals surface area contributed by atoms with Crippen LogP contribution in [-0.2, 0) is 73.0 Å². The van der Waals surface area contributed by atoms with Crippen molar-refractivity contribution in [2.24, 2.45) is 5.10 Å². The topological polar surface area (TPSA) is 337 Å². The molecule has 0 saturated heterocycles. The number of hydrogen-bond acceptors (Lipinski definition) is 21. The van der Waals surface area contributed by atoms with Crippen LogP contribution in [0.15, 0.2) is 125 Å². The summed E-state index contributed by atoms with van der Waals surface area (Å²) in [7, 11) is 1.67. The maximum absolute atomic E-state index is 12.7. The zero-order valence-electron chi connectivity index (χ0n) is 65.8. The van der Waals surface area contributed by atoms with Crippen LogP contribution in [0.4, 0.5) is 5.69 Å². The standard InChI is InChI=1S/C27H41NO4.C14H15NO5.C13H14O2.C10H9NO2.C10H8O3.C6H6O3.C5H8N2O/c1-9-26(5,6)20-13-14-22(21(18-20)27(7,8)10-2)32-16-12-15-28-23(29)17-19(4)24(25(28)30)31-11-3;1-8(2)15-13(17)7-19-9-3-4-10-11(16)6-14(18)20-12(10)5-9;1-9-4-2-3-5-13(9)10-6-11(14)8-12(15)7-10;1-6-2-3-8-7(4-6)9(12)5-10(13)11-8;1-6-2-3-9-7(4-6)8(11)5-10(12)13-9;1-4-2-5(7)3-6(8)9-4;1-4-3-5(8)7(2)6-4/h13-14,18H,9-12,15-17H2,1-8H3;3-5,8H,6-7H2,1-2H3,(H,15,17);2-5,10H,6-8H2,1H3;2-4H,5H2,1H3,(H,11,13);2-4H,5H2,1H3;2H,3H2,1H3;3H2,1-2H3. The lowest BCUT2D eigenvalue weighted by atomic mass is 9.76. The number of amides is 5. The Kier molecular flexibility index (Phi) is 32.0. The molecule has 0 aromatic heterocycles. The largest absolute Gasteiger partial charge is 0.493 e. The van der Waals surface area contributed by atoms with Crippen molar-refractivity contribution in [3.63, 3.8) is 0 Å². The molecule has 0 radical (unpaired) electrons. The van der Waals surface area contributed by atoms with Crippen molar-refractivity contribution in [3.8, 4) is 23.0 Å². The van der Waals surface area contributed by atoms with Crippen molar-refractivity contribution in [2.75, 3.05) is 38.7 Å². The molecule has 25 nitrogen and oxygen atoms in total. The summed E-state index contributed by atoms with van der Waals surface area (Å²) < 4.78 is 31.4. The van der Waals surface area contributed by atoms with Crippen LogP contribution in [0.5, 0.6) is 23.0 Å². The highest BCUT2D eigenvalue weighted by Gasteiger charge is 2.34. The van der Waals surface area contributed by atoms with Gasteiger partial charge in [-0.25, -0.2) is 5.01 Å². The number of rotatable bonds is 16. The smallest absolute Gasteiger partial charge is 0.319 e. The maximum Gasteiger partial charge on any atom is 0.319 e. The summed E-state index contributed by atoms with van der Waals surface area (Å²) in [6, 6.07) is 29.7. The van der Waals surface area contributed by atoms with E-state index < -0.39 is 17.9 Å². The number of hydrazone groups is 1. The molecule has 5 amide bonds. The quantitative estimate of drug-likeness (QED) is 0.0305. The number of imide groups is 1. The molecule has 6 heterocycles. The van der Waals surface area contributed by atoms with E-state index in [1.165, 1.54) is 44.8 Å². The van der Waals surface area contributed by atoms with Crippen LogP contribution in [0.3, 0.4) is 0 Å². The fraction of sp³-hybridized carbons (Fsp3) is 0.424. The lowest BCUT2D eigenvalue weighted by Gasteiger charge is -2.30. The Balaban J connectivity index is 0.000000210. The predicted octanol–water partition coefficient (Wildman–Crippen LogP) is 13.0. The van der Waals surface area contributed by atoms with Gasteiger partial charge < -0.3 is 39.1 Å². The first-order valence-electron chi connectivity index (χ1n) is 36.7. The van der Waals surface area contributed by atoms with E-state index in [-0.39, 0.29) is 138 Å². The number of carbonyl (C=O) groups excluding carboxylic acids is 14. The minimum absolute atomic E-state index is 0.0112. The number of Topliss-reactive ketones (excluding diaryl/α,β-unsaturated/α-hetero) is 5. The molecular formula is C85H101N5O20. The molecule has 7 aliphatic rings. The van der Waals surface area contributed by atoms with E-state index >= 15 is 0 Å². The molecule has 0 spiro atoms. The first-order valence-corrected chi connectivity index (χ1v) is 36.7. The van der Waals surface area contributed by atoms with Crippen LogP contribution in [0.1, 0.15) is 231 Å². The monoisotopic (exact) mass is 1510 g/mol. The fourth-order valence-corrected chi connectivity index (χ4v) is 12.0. The molecule has 6 aliphatic heterocycles. The van der Waals surface area contributed by atoms with Crippen molar-refractivity contribution >= 4 is 93.5 Å². The summed E-state index contributed by atoms with van der Waals surface area (Å²) in [5.41, 5.74) is 10.7. The third kappa shape index (κ3) is 25.9. The summed E-state index contributed by atoms with van der Waals surface area (Å²) in [5, 5.41) is 10.6. The second-order valence-electron chi connectivity index (χ2n) is 29.0. The third-order valence-corrected chi connectivity index (χ3v) is 18.5. The highest BCUT2D eigenvalue weighted by atomic mass is 16.5. The number of ether oxygens (including phenoxy) is 6. The highest BCUT2D eigenvalue weighted by molar-refractivity contribution is 6.19. The molecule has 5 aromatic rings. The van der Waals surface area contributed by atoms with Crippen LogP contribution in [0.2, 0.25) is 0 Å². The average Bonchev–Trinajstić information content (AvgIpc) is 0.883. The van der Waals surface area contributed by atoms with Gasteiger partial charge in [-0.3, -0.25) is 72.0 Å². The minimum atomic E-state index is -0.586. The summed E-state index contributed by atoms with van der Waals surface area (Å²) in [6.07, 6.45) is 5.34. The van der Waals surface area contributed by atoms with Crippen molar-refractivity contribution in [3.05, 3.63) is 170 Å². The van der Waals surface area contributed by atoms with Gasteiger partial charge in [-0.2, -0.15) is 5.10 Å². The molecule has 0 unspecified atom stereocenters. The molecule has 12 rings (SSSR count). The number of ketones is 6. The predicted molar refractivity (Wildman–Crippen MR) is 411 cm³/mol. The van der Waals surface area contributed by atoms with Crippen LogP contribution >= 0.6 is 0 Å². The number of aryl methyl sites for hydroxylation is 3. The molecule has 1 saturated carbocycles. The van der Waals surface area contributed by atoms with Gasteiger partial charge in [0.25, 0.3) is 11.8 Å². The van der Waals surface area contributed by atoms with E-state index in [1.54, 1.807) is 51.2 Å². The van der Waals surface area contributed by atoms with Crippen molar-refractivity contribution in [1.82, 2.24) is 15.2 Å². The Labute approximate surface area is 642 Å². The molecule has 2 N–H and O–H groups in total. The Morgan fingerprint density at radius 1 is 0.609 bits per heavy atom. The van der Waals surface area contributed by atoms with Gasteiger partial charge >= 0.3 is 17.9 Å². The van der Waals surface area contributed by atoms with E-state index in [1.807, 2.05) is 84.9 Å². The molecule has 25 heteroatoms. The molecule has 1 aliphatic carbocycles. The Hall–Kier alpha value is -11.4. The lowest BCUT2D eigenvalue weighted by molar-refractivity contribution is -0.146.